The first-order chi connectivity index (χ1) is 15.0. The van der Waals surface area contributed by atoms with Gasteiger partial charge in [0.15, 0.2) is 11.5 Å². The third-order valence-corrected chi connectivity index (χ3v) is 6.30. The molecule has 164 valence electrons. The van der Waals surface area contributed by atoms with Crippen molar-refractivity contribution in [3.8, 4) is 11.5 Å². The molecule has 1 atom stereocenters. The number of urea groups is 1. The third kappa shape index (κ3) is 3.80. The number of para-hydroxylation sites is 1. The van der Waals surface area contributed by atoms with E-state index in [2.05, 4.69) is 12.2 Å². The molecule has 0 spiro atoms. The van der Waals surface area contributed by atoms with Crippen LogP contribution in [-0.4, -0.2) is 55.6 Å². The first kappa shape index (κ1) is 21.0. The van der Waals surface area contributed by atoms with Crippen molar-refractivity contribution in [1.82, 2.24) is 9.80 Å². The molecule has 4 rings (SSSR count). The second-order valence-electron chi connectivity index (χ2n) is 8.03. The van der Waals surface area contributed by atoms with E-state index in [1.165, 1.54) is 0 Å². The molecule has 2 aliphatic heterocycles. The van der Waals surface area contributed by atoms with Gasteiger partial charge in [0.1, 0.15) is 6.54 Å². The molecule has 2 aromatic carbocycles. The number of amides is 3. The number of anilines is 1. The quantitative estimate of drug-likeness (QED) is 0.817. The van der Waals surface area contributed by atoms with Gasteiger partial charge in [-0.05, 0) is 54.2 Å². The Hall–Kier alpha value is -3.22. The van der Waals surface area contributed by atoms with E-state index in [4.69, 9.17) is 9.47 Å². The number of piperazine rings is 1. The maximum Gasteiger partial charge on any atom is 0.322 e. The highest BCUT2D eigenvalue weighted by Crippen LogP contribution is 2.39. The minimum atomic E-state index is -0.246. The van der Waals surface area contributed by atoms with Crippen molar-refractivity contribution in [3.05, 3.63) is 52.6 Å². The van der Waals surface area contributed by atoms with Crippen LogP contribution in [0.3, 0.4) is 0 Å². The Labute approximate surface area is 182 Å². The van der Waals surface area contributed by atoms with Crippen LogP contribution >= 0.6 is 0 Å². The van der Waals surface area contributed by atoms with Crippen molar-refractivity contribution in [2.45, 2.75) is 32.7 Å². The zero-order valence-electron chi connectivity index (χ0n) is 18.5. The van der Waals surface area contributed by atoms with Gasteiger partial charge < -0.3 is 24.6 Å². The van der Waals surface area contributed by atoms with E-state index in [-0.39, 0.29) is 24.5 Å². The van der Waals surface area contributed by atoms with Crippen LogP contribution in [0.1, 0.15) is 35.2 Å². The predicted molar refractivity (Wildman–Crippen MR) is 119 cm³/mol. The number of aryl methyl sites for hydroxylation is 2. The Bertz CT molecular complexity index is 1020. The normalized spacial score (nSPS) is 17.7. The van der Waals surface area contributed by atoms with Gasteiger partial charge in [-0.25, -0.2) is 4.79 Å². The Morgan fingerprint density at radius 2 is 1.94 bits per heavy atom. The minimum absolute atomic E-state index is 0.0349. The van der Waals surface area contributed by atoms with Gasteiger partial charge >= 0.3 is 6.03 Å². The molecule has 0 saturated carbocycles. The van der Waals surface area contributed by atoms with Gasteiger partial charge in [-0.15, -0.1) is 0 Å². The van der Waals surface area contributed by atoms with Crippen molar-refractivity contribution < 1.29 is 19.1 Å². The van der Waals surface area contributed by atoms with Crippen LogP contribution in [0.5, 0.6) is 11.5 Å². The van der Waals surface area contributed by atoms with Gasteiger partial charge in [0.05, 0.1) is 20.3 Å². The largest absolute Gasteiger partial charge is 0.493 e. The average molecular weight is 424 g/mol. The smallest absolute Gasteiger partial charge is 0.322 e. The Morgan fingerprint density at radius 3 is 2.65 bits per heavy atom. The summed E-state index contributed by atoms with van der Waals surface area (Å²) < 4.78 is 10.9. The molecular formula is C24H29N3O4. The number of hydrogen-bond donors (Lipinski definition) is 1. The summed E-state index contributed by atoms with van der Waals surface area (Å²) in [6, 6.07) is 9.47. The molecule has 7 nitrogen and oxygen atoms in total. The number of fused-ring (bicyclic) bond motifs is 3. The van der Waals surface area contributed by atoms with E-state index in [1.54, 1.807) is 19.1 Å². The van der Waals surface area contributed by atoms with Crippen molar-refractivity contribution in [2.75, 3.05) is 39.2 Å². The lowest BCUT2D eigenvalue weighted by molar-refractivity contribution is -0.139. The van der Waals surface area contributed by atoms with Gasteiger partial charge in [0.25, 0.3) is 0 Å². The molecule has 2 aromatic rings. The van der Waals surface area contributed by atoms with Crippen LogP contribution in [0.15, 0.2) is 30.3 Å². The summed E-state index contributed by atoms with van der Waals surface area (Å²) in [7, 11) is 3.22. The van der Waals surface area contributed by atoms with Crippen molar-refractivity contribution in [3.63, 3.8) is 0 Å². The molecule has 2 aliphatic rings. The lowest BCUT2D eigenvalue weighted by Gasteiger charge is -2.44. The standard InChI is InChI=1S/C24H29N3O4/c1-5-16-8-6-7-15(2)23(16)25-24(29)26-13-19-18-12-21(31-4)20(30-3)11-17(18)9-10-27(19)22(28)14-26/h6-8,11-12,19H,5,9-10,13-14H2,1-4H3,(H,25,29). The van der Waals surface area contributed by atoms with Crippen molar-refractivity contribution >= 4 is 17.6 Å². The molecule has 3 amide bonds. The molecule has 1 saturated heterocycles. The number of ether oxygens (including phenoxy) is 2. The number of nitrogens with zero attached hydrogens (tertiary/aromatic N) is 2. The zero-order valence-corrected chi connectivity index (χ0v) is 18.5. The molecule has 1 fully saturated rings. The second kappa shape index (κ2) is 8.49. The van der Waals surface area contributed by atoms with Gasteiger partial charge in [0, 0.05) is 18.8 Å². The number of carbonyl (C=O) groups excluding carboxylic acids is 2. The summed E-state index contributed by atoms with van der Waals surface area (Å²) >= 11 is 0. The number of carbonyl (C=O) groups is 2. The first-order valence-corrected chi connectivity index (χ1v) is 10.7. The number of hydrogen-bond acceptors (Lipinski definition) is 4. The summed E-state index contributed by atoms with van der Waals surface area (Å²) in [4.78, 5) is 29.6. The van der Waals surface area contributed by atoms with Crippen LogP contribution < -0.4 is 14.8 Å². The molecule has 0 aromatic heterocycles. The third-order valence-electron chi connectivity index (χ3n) is 6.30. The van der Waals surface area contributed by atoms with Crippen molar-refractivity contribution in [1.29, 1.82) is 0 Å². The summed E-state index contributed by atoms with van der Waals surface area (Å²) in [5.74, 6) is 1.27. The molecule has 31 heavy (non-hydrogen) atoms. The zero-order chi connectivity index (χ0) is 22.1. The van der Waals surface area contributed by atoms with Crippen LogP contribution in [-0.2, 0) is 17.6 Å². The topological polar surface area (TPSA) is 71.1 Å². The maximum atomic E-state index is 13.1. The fraction of sp³-hybridized carbons (Fsp3) is 0.417. The van der Waals surface area contributed by atoms with E-state index in [0.29, 0.717) is 24.6 Å². The van der Waals surface area contributed by atoms with Crippen molar-refractivity contribution in [2.24, 2.45) is 0 Å². The number of nitrogens with one attached hydrogen (secondary N) is 1. The number of methoxy groups -OCH3 is 2. The molecular weight excluding hydrogens is 394 g/mol. The van der Waals surface area contributed by atoms with E-state index >= 15 is 0 Å². The monoisotopic (exact) mass is 423 g/mol. The van der Waals surface area contributed by atoms with E-state index in [9.17, 15) is 9.59 Å². The summed E-state index contributed by atoms with van der Waals surface area (Å²) in [5.41, 5.74) is 5.07. The van der Waals surface area contributed by atoms with Gasteiger partial charge in [-0.1, -0.05) is 25.1 Å². The number of benzene rings is 2. The van der Waals surface area contributed by atoms with Crippen LogP contribution in [0.2, 0.25) is 0 Å². The maximum absolute atomic E-state index is 13.1. The molecule has 1 unspecified atom stereocenters. The summed E-state index contributed by atoms with van der Waals surface area (Å²) in [6.07, 6.45) is 1.58. The van der Waals surface area contributed by atoms with Gasteiger partial charge in [0.2, 0.25) is 5.91 Å². The van der Waals surface area contributed by atoms with E-state index in [0.717, 1.165) is 40.8 Å². The summed E-state index contributed by atoms with van der Waals surface area (Å²) in [5, 5.41) is 3.05. The Morgan fingerprint density at radius 1 is 1.19 bits per heavy atom. The highest BCUT2D eigenvalue weighted by atomic mass is 16.5. The van der Waals surface area contributed by atoms with Crippen LogP contribution in [0, 0.1) is 6.92 Å². The highest BCUT2D eigenvalue weighted by molar-refractivity contribution is 5.94. The van der Waals surface area contributed by atoms with Crippen LogP contribution in [0.4, 0.5) is 10.5 Å². The predicted octanol–water partition coefficient (Wildman–Crippen LogP) is 3.55. The van der Waals surface area contributed by atoms with E-state index in [1.807, 2.05) is 42.2 Å². The molecule has 2 heterocycles. The minimum Gasteiger partial charge on any atom is -0.493 e. The SMILES string of the molecule is CCc1cccc(C)c1NC(=O)N1CC(=O)N2CCc3cc(OC)c(OC)cc3C2C1. The molecule has 0 bridgehead atoms. The van der Waals surface area contributed by atoms with Gasteiger partial charge in [-0.3, -0.25) is 4.79 Å². The lowest BCUT2D eigenvalue weighted by atomic mass is 9.90. The summed E-state index contributed by atoms with van der Waals surface area (Å²) in [6.45, 7) is 5.20. The number of rotatable bonds is 4. The average Bonchev–Trinajstić information content (AvgIpc) is 2.78. The fourth-order valence-corrected chi connectivity index (χ4v) is 4.59. The molecule has 0 aliphatic carbocycles. The Kier molecular flexibility index (Phi) is 5.76. The van der Waals surface area contributed by atoms with E-state index < -0.39 is 0 Å². The molecule has 1 N–H and O–H groups in total. The molecule has 7 heteroatoms. The Balaban J connectivity index is 1.62. The first-order valence-electron chi connectivity index (χ1n) is 10.7. The van der Waals surface area contributed by atoms with Crippen LogP contribution in [0.25, 0.3) is 0 Å². The molecule has 0 radical (unpaired) electrons. The highest BCUT2D eigenvalue weighted by Gasteiger charge is 2.39. The van der Waals surface area contributed by atoms with Gasteiger partial charge in [-0.2, -0.15) is 0 Å². The fourth-order valence-electron chi connectivity index (χ4n) is 4.59. The lowest BCUT2D eigenvalue weighted by Crippen LogP contribution is -2.56. The second-order valence-corrected chi connectivity index (χ2v) is 8.03.